The Morgan fingerprint density at radius 1 is 1.45 bits per heavy atom. The molecule has 20 heavy (non-hydrogen) atoms. The monoisotopic (exact) mass is 288 g/mol. The highest BCUT2D eigenvalue weighted by atomic mass is 19.4. The van der Waals surface area contributed by atoms with Crippen LogP contribution in [0.3, 0.4) is 0 Å². The lowest BCUT2D eigenvalue weighted by molar-refractivity contribution is -0.141. The molecule has 0 radical (unpaired) electrons. The highest BCUT2D eigenvalue weighted by Crippen LogP contribution is 2.29. The summed E-state index contributed by atoms with van der Waals surface area (Å²) in [5, 5.41) is 0. The molecule has 1 aromatic rings. The van der Waals surface area contributed by atoms with Gasteiger partial charge in [0.1, 0.15) is 0 Å². The SMILES string of the molecule is C=CC1CC(=O)N(c2nc(C(F)(F)F)cc(=O)n2N)C1. The molecule has 108 valence electrons. The van der Waals surface area contributed by atoms with Crippen LogP contribution in [0.25, 0.3) is 0 Å². The Morgan fingerprint density at radius 2 is 2.10 bits per heavy atom. The van der Waals surface area contributed by atoms with Crippen LogP contribution < -0.4 is 16.3 Å². The number of aromatic nitrogens is 2. The predicted octanol–water partition coefficient (Wildman–Crippen LogP) is 0.515. The molecule has 2 N–H and O–H groups in total. The normalized spacial score (nSPS) is 19.4. The Balaban J connectivity index is 2.52. The summed E-state index contributed by atoms with van der Waals surface area (Å²) < 4.78 is 38.3. The standard InChI is InChI=1S/C11H11F3N4O2/c1-2-6-3-8(19)17(5-6)10-16-7(11(12,13)14)4-9(20)18(10)15/h2,4,6H,1,3,5,15H2. The zero-order chi connectivity index (χ0) is 15.1. The van der Waals surface area contributed by atoms with E-state index in [0.29, 0.717) is 4.68 Å². The van der Waals surface area contributed by atoms with Crippen LogP contribution in [0, 0.1) is 5.92 Å². The van der Waals surface area contributed by atoms with Crippen molar-refractivity contribution in [3.63, 3.8) is 0 Å². The molecule has 1 atom stereocenters. The molecule has 1 fully saturated rings. The molecule has 1 aliphatic heterocycles. The largest absolute Gasteiger partial charge is 0.433 e. The van der Waals surface area contributed by atoms with Crippen LogP contribution in [-0.4, -0.2) is 22.1 Å². The second kappa shape index (κ2) is 4.66. The van der Waals surface area contributed by atoms with Gasteiger partial charge in [-0.05, 0) is 0 Å². The summed E-state index contributed by atoms with van der Waals surface area (Å²) in [6.07, 6.45) is -3.18. The maximum Gasteiger partial charge on any atom is 0.433 e. The molecule has 1 saturated heterocycles. The fraction of sp³-hybridized carbons (Fsp3) is 0.364. The predicted molar refractivity (Wildman–Crippen MR) is 64.3 cm³/mol. The first-order chi connectivity index (χ1) is 9.24. The average molecular weight is 288 g/mol. The summed E-state index contributed by atoms with van der Waals surface area (Å²) >= 11 is 0. The lowest BCUT2D eigenvalue weighted by atomic mass is 10.1. The summed E-state index contributed by atoms with van der Waals surface area (Å²) in [5.41, 5.74) is -2.47. The smallest absolute Gasteiger partial charge is 0.333 e. The van der Waals surface area contributed by atoms with Crippen LogP contribution >= 0.6 is 0 Å². The third-order valence-corrected chi connectivity index (χ3v) is 2.95. The van der Waals surface area contributed by atoms with Crippen LogP contribution in [0.15, 0.2) is 23.5 Å². The molecule has 1 aliphatic rings. The maximum absolute atomic E-state index is 12.6. The Bertz CT molecular complexity index is 623. The molecule has 1 unspecified atom stereocenters. The van der Waals surface area contributed by atoms with Crippen LogP contribution in [-0.2, 0) is 11.0 Å². The fourth-order valence-corrected chi connectivity index (χ4v) is 1.90. The van der Waals surface area contributed by atoms with Crippen molar-refractivity contribution in [2.75, 3.05) is 17.3 Å². The van der Waals surface area contributed by atoms with Gasteiger partial charge in [0.05, 0.1) is 0 Å². The fourth-order valence-electron chi connectivity index (χ4n) is 1.90. The number of halogens is 3. The molecule has 9 heteroatoms. The second-order valence-electron chi connectivity index (χ2n) is 4.35. The van der Waals surface area contributed by atoms with Gasteiger partial charge in [-0.3, -0.25) is 14.5 Å². The Hall–Kier alpha value is -2.32. The zero-order valence-electron chi connectivity index (χ0n) is 10.2. The van der Waals surface area contributed by atoms with E-state index in [2.05, 4.69) is 11.6 Å². The molecular weight excluding hydrogens is 277 g/mol. The molecule has 0 bridgehead atoms. The Kier molecular flexibility index (Phi) is 3.28. The van der Waals surface area contributed by atoms with E-state index in [1.165, 1.54) is 6.08 Å². The van der Waals surface area contributed by atoms with Gasteiger partial charge in [0.25, 0.3) is 5.56 Å². The maximum atomic E-state index is 12.6. The number of anilines is 1. The van der Waals surface area contributed by atoms with Crippen molar-refractivity contribution in [2.24, 2.45) is 5.92 Å². The van der Waals surface area contributed by atoms with Crippen LogP contribution in [0.2, 0.25) is 0 Å². The average Bonchev–Trinajstić information content (AvgIpc) is 2.72. The lowest BCUT2D eigenvalue weighted by Crippen LogP contribution is -2.38. The van der Waals surface area contributed by atoms with Crippen molar-refractivity contribution in [3.05, 3.63) is 34.8 Å². The van der Waals surface area contributed by atoms with E-state index < -0.39 is 29.3 Å². The van der Waals surface area contributed by atoms with E-state index in [0.717, 1.165) is 4.90 Å². The minimum Gasteiger partial charge on any atom is -0.333 e. The van der Waals surface area contributed by atoms with E-state index in [1.54, 1.807) is 0 Å². The molecule has 0 saturated carbocycles. The summed E-state index contributed by atoms with van der Waals surface area (Å²) in [4.78, 5) is 27.5. The number of alkyl halides is 3. The number of nitrogens with zero attached hydrogens (tertiary/aromatic N) is 3. The molecule has 6 nitrogen and oxygen atoms in total. The van der Waals surface area contributed by atoms with Gasteiger partial charge in [-0.1, -0.05) is 6.08 Å². The first-order valence-corrected chi connectivity index (χ1v) is 5.63. The second-order valence-corrected chi connectivity index (χ2v) is 4.35. The van der Waals surface area contributed by atoms with Gasteiger partial charge in [0.15, 0.2) is 5.69 Å². The van der Waals surface area contributed by atoms with Crippen molar-refractivity contribution >= 4 is 11.9 Å². The third kappa shape index (κ3) is 2.38. The summed E-state index contributed by atoms with van der Waals surface area (Å²) in [7, 11) is 0. The zero-order valence-corrected chi connectivity index (χ0v) is 10.2. The van der Waals surface area contributed by atoms with Gasteiger partial charge in [-0.25, -0.2) is 4.98 Å². The topological polar surface area (TPSA) is 81.2 Å². The summed E-state index contributed by atoms with van der Waals surface area (Å²) in [6, 6.07) is 0.287. The minimum absolute atomic E-state index is 0.0906. The summed E-state index contributed by atoms with van der Waals surface area (Å²) in [6.45, 7) is 3.61. The van der Waals surface area contributed by atoms with Crippen molar-refractivity contribution < 1.29 is 18.0 Å². The number of nitrogen functional groups attached to an aromatic ring is 1. The van der Waals surface area contributed by atoms with E-state index in [9.17, 15) is 22.8 Å². The first-order valence-electron chi connectivity index (χ1n) is 5.63. The molecular formula is C11H11F3N4O2. The van der Waals surface area contributed by atoms with Crippen molar-refractivity contribution in [3.8, 4) is 0 Å². The number of amides is 1. The van der Waals surface area contributed by atoms with Crippen LogP contribution in [0.1, 0.15) is 12.1 Å². The van der Waals surface area contributed by atoms with E-state index in [4.69, 9.17) is 5.84 Å². The van der Waals surface area contributed by atoms with Gasteiger partial charge in [-0.2, -0.15) is 17.8 Å². The van der Waals surface area contributed by atoms with Crippen molar-refractivity contribution in [1.82, 2.24) is 9.66 Å². The number of carbonyl (C=O) groups excluding carboxylic acids is 1. The molecule has 0 spiro atoms. The minimum atomic E-state index is -4.79. The molecule has 0 aliphatic carbocycles. The molecule has 1 amide bonds. The van der Waals surface area contributed by atoms with Gasteiger partial charge in [0, 0.05) is 24.9 Å². The van der Waals surface area contributed by atoms with Crippen LogP contribution in [0.5, 0.6) is 0 Å². The highest BCUT2D eigenvalue weighted by molar-refractivity contribution is 5.94. The highest BCUT2D eigenvalue weighted by Gasteiger charge is 2.37. The number of hydrogen-bond donors (Lipinski definition) is 1. The lowest BCUT2D eigenvalue weighted by Gasteiger charge is -2.18. The van der Waals surface area contributed by atoms with E-state index >= 15 is 0 Å². The van der Waals surface area contributed by atoms with E-state index in [1.807, 2.05) is 0 Å². The van der Waals surface area contributed by atoms with Gasteiger partial charge >= 0.3 is 6.18 Å². The summed E-state index contributed by atoms with van der Waals surface area (Å²) in [5.74, 6) is 4.19. The van der Waals surface area contributed by atoms with Crippen LogP contribution in [0.4, 0.5) is 19.1 Å². The third-order valence-electron chi connectivity index (χ3n) is 2.95. The van der Waals surface area contributed by atoms with Crippen molar-refractivity contribution in [1.29, 1.82) is 0 Å². The Morgan fingerprint density at radius 3 is 2.60 bits per heavy atom. The van der Waals surface area contributed by atoms with E-state index in [-0.39, 0.29) is 24.9 Å². The molecule has 0 aromatic carbocycles. The number of carbonyl (C=O) groups is 1. The molecule has 2 heterocycles. The number of hydrogen-bond acceptors (Lipinski definition) is 4. The quantitative estimate of drug-likeness (QED) is 0.635. The Labute approximate surface area is 111 Å². The number of nitrogens with two attached hydrogens (primary N) is 1. The molecule has 2 rings (SSSR count). The van der Waals surface area contributed by atoms with Gasteiger partial charge in [0.2, 0.25) is 11.9 Å². The van der Waals surface area contributed by atoms with Crippen molar-refractivity contribution in [2.45, 2.75) is 12.6 Å². The van der Waals surface area contributed by atoms with Gasteiger partial charge in [-0.15, -0.1) is 6.58 Å². The van der Waals surface area contributed by atoms with Gasteiger partial charge < -0.3 is 5.84 Å². The molecule has 1 aromatic heterocycles. The first kappa shape index (κ1) is 14.1. The number of rotatable bonds is 2.